The summed E-state index contributed by atoms with van der Waals surface area (Å²) in [6, 6.07) is 16.3. The first-order valence-corrected chi connectivity index (χ1v) is 12.3. The van der Waals surface area contributed by atoms with Gasteiger partial charge in [-0.1, -0.05) is 68.7 Å². The average Bonchev–Trinajstić information content (AvgIpc) is 3.09. The fourth-order valence-electron chi connectivity index (χ4n) is 5.92. The molecule has 1 saturated carbocycles. The van der Waals surface area contributed by atoms with E-state index in [4.69, 9.17) is 4.74 Å². The van der Waals surface area contributed by atoms with E-state index in [9.17, 15) is 10.2 Å². The molecule has 0 spiro atoms. The van der Waals surface area contributed by atoms with Gasteiger partial charge >= 0.3 is 0 Å². The van der Waals surface area contributed by atoms with Gasteiger partial charge in [-0.15, -0.1) is 0 Å². The summed E-state index contributed by atoms with van der Waals surface area (Å²) >= 11 is 0. The van der Waals surface area contributed by atoms with E-state index in [-0.39, 0.29) is 12.2 Å². The number of aromatic hydroxyl groups is 1. The van der Waals surface area contributed by atoms with Crippen molar-refractivity contribution in [1.29, 1.82) is 0 Å². The summed E-state index contributed by atoms with van der Waals surface area (Å²) in [4.78, 5) is 0. The van der Waals surface area contributed by atoms with E-state index in [1.165, 1.54) is 30.4 Å². The summed E-state index contributed by atoms with van der Waals surface area (Å²) in [6.45, 7) is 2.91. The predicted octanol–water partition coefficient (Wildman–Crippen LogP) is 6.05. The van der Waals surface area contributed by atoms with Gasteiger partial charge in [-0.05, 0) is 79.0 Å². The van der Waals surface area contributed by atoms with Crippen molar-refractivity contribution < 1.29 is 14.9 Å². The van der Waals surface area contributed by atoms with E-state index in [0.29, 0.717) is 30.1 Å². The Morgan fingerprint density at radius 2 is 1.84 bits per heavy atom. The highest BCUT2D eigenvalue weighted by Gasteiger charge is 2.44. The number of phenolic OH excluding ortho intramolecular Hbond substituents is 1. The van der Waals surface area contributed by atoms with Crippen LogP contribution in [0.25, 0.3) is 0 Å². The maximum Gasteiger partial charge on any atom is 0.119 e. The molecule has 0 aromatic heterocycles. The minimum Gasteiger partial charge on any atom is -0.508 e. The predicted molar refractivity (Wildman–Crippen MR) is 125 cm³/mol. The zero-order valence-corrected chi connectivity index (χ0v) is 18.9. The van der Waals surface area contributed by atoms with Crippen molar-refractivity contribution in [2.24, 2.45) is 17.8 Å². The number of hydrogen-bond acceptors (Lipinski definition) is 3. The van der Waals surface area contributed by atoms with Crippen molar-refractivity contribution in [3.05, 3.63) is 65.2 Å². The standard InChI is InChI=1S/C28H38O3/c1-2-3-5-12-23(31-19-20-9-6-4-7-10-20)14-15-24-25-16-21-11-8-13-27(29)26(21)17-22(25)18-28(24)30/h4,6-11,13,22-25,28-30H,2-3,5,12,14-19H2,1H3/t22?,23-,24+,25?,28+/m0/s1. The normalized spacial score (nSPS) is 25.7. The molecule has 168 valence electrons. The van der Waals surface area contributed by atoms with Crippen molar-refractivity contribution >= 4 is 0 Å². The van der Waals surface area contributed by atoms with Crippen LogP contribution in [0.2, 0.25) is 0 Å². The van der Waals surface area contributed by atoms with Crippen molar-refractivity contribution in [2.75, 3.05) is 0 Å². The number of ether oxygens (including phenoxy) is 1. The second-order valence-corrected chi connectivity index (χ2v) is 9.71. The lowest BCUT2D eigenvalue weighted by atomic mass is 9.73. The largest absolute Gasteiger partial charge is 0.508 e. The van der Waals surface area contributed by atoms with Crippen LogP contribution >= 0.6 is 0 Å². The van der Waals surface area contributed by atoms with Crippen LogP contribution in [0.1, 0.15) is 68.6 Å². The Morgan fingerprint density at radius 1 is 1.00 bits per heavy atom. The van der Waals surface area contributed by atoms with Crippen LogP contribution in [0.4, 0.5) is 0 Å². The van der Waals surface area contributed by atoms with Crippen LogP contribution in [-0.2, 0) is 24.2 Å². The fourth-order valence-corrected chi connectivity index (χ4v) is 5.92. The Balaban J connectivity index is 1.37. The number of aliphatic hydroxyl groups is 1. The molecule has 2 aromatic rings. The molecule has 3 nitrogen and oxygen atoms in total. The molecule has 4 rings (SSSR count). The Morgan fingerprint density at radius 3 is 2.65 bits per heavy atom. The zero-order valence-electron chi connectivity index (χ0n) is 18.9. The van der Waals surface area contributed by atoms with Crippen LogP contribution in [0.3, 0.4) is 0 Å². The van der Waals surface area contributed by atoms with Gasteiger partial charge in [0.15, 0.2) is 0 Å². The van der Waals surface area contributed by atoms with Crippen molar-refractivity contribution in [1.82, 2.24) is 0 Å². The molecule has 0 heterocycles. The molecule has 5 atom stereocenters. The Kier molecular flexibility index (Phi) is 7.68. The zero-order chi connectivity index (χ0) is 21.6. The maximum absolute atomic E-state index is 10.9. The van der Waals surface area contributed by atoms with Gasteiger partial charge in [0.2, 0.25) is 0 Å². The molecule has 1 fully saturated rings. The molecule has 0 aliphatic heterocycles. The lowest BCUT2D eigenvalue weighted by molar-refractivity contribution is 0.0159. The highest BCUT2D eigenvalue weighted by atomic mass is 16.5. The second kappa shape index (κ2) is 10.7. The number of rotatable bonds is 10. The fraction of sp³-hybridized carbons (Fsp3) is 0.571. The summed E-state index contributed by atoms with van der Waals surface area (Å²) in [5, 5.41) is 21.2. The van der Waals surface area contributed by atoms with Crippen molar-refractivity contribution in [2.45, 2.75) is 83.5 Å². The van der Waals surface area contributed by atoms with Gasteiger partial charge in [0.05, 0.1) is 18.8 Å². The first-order chi connectivity index (χ1) is 15.2. The summed E-state index contributed by atoms with van der Waals surface area (Å²) in [6.07, 6.45) is 9.65. The Hall–Kier alpha value is -1.84. The van der Waals surface area contributed by atoms with Gasteiger partial charge in [0.25, 0.3) is 0 Å². The minimum absolute atomic E-state index is 0.225. The monoisotopic (exact) mass is 422 g/mol. The lowest BCUT2D eigenvalue weighted by Gasteiger charge is -2.32. The Bertz CT molecular complexity index is 818. The molecule has 0 saturated heterocycles. The third kappa shape index (κ3) is 5.51. The number of unbranched alkanes of at least 4 members (excludes halogenated alkanes) is 2. The van der Waals surface area contributed by atoms with E-state index >= 15 is 0 Å². The van der Waals surface area contributed by atoms with Crippen molar-refractivity contribution in [3.8, 4) is 5.75 Å². The highest BCUT2D eigenvalue weighted by molar-refractivity contribution is 5.42. The van der Waals surface area contributed by atoms with E-state index in [2.05, 4.69) is 37.3 Å². The van der Waals surface area contributed by atoms with E-state index in [1.54, 1.807) is 6.07 Å². The number of benzene rings is 2. The molecular formula is C28H38O3. The van der Waals surface area contributed by atoms with Gasteiger partial charge in [-0.25, -0.2) is 0 Å². The first-order valence-electron chi connectivity index (χ1n) is 12.3. The summed E-state index contributed by atoms with van der Waals surface area (Å²) in [5.74, 6) is 1.79. The molecular weight excluding hydrogens is 384 g/mol. The topological polar surface area (TPSA) is 49.7 Å². The molecule has 0 radical (unpaired) electrons. The summed E-state index contributed by atoms with van der Waals surface area (Å²) in [7, 11) is 0. The van der Waals surface area contributed by atoms with Crippen LogP contribution in [0.15, 0.2) is 48.5 Å². The summed E-state index contributed by atoms with van der Waals surface area (Å²) in [5.41, 5.74) is 3.62. The SMILES string of the molecule is CCCCC[C@@H](CC[C@@H]1C2Cc3cccc(O)c3CC2C[C@H]1O)OCc1ccccc1. The van der Waals surface area contributed by atoms with Crippen LogP contribution in [0.5, 0.6) is 5.75 Å². The third-order valence-corrected chi connectivity index (χ3v) is 7.64. The third-order valence-electron chi connectivity index (χ3n) is 7.64. The maximum atomic E-state index is 10.9. The number of fused-ring (bicyclic) bond motifs is 2. The number of aliphatic hydroxyl groups excluding tert-OH is 1. The molecule has 2 aliphatic carbocycles. The minimum atomic E-state index is -0.225. The van der Waals surface area contributed by atoms with Gasteiger partial charge < -0.3 is 14.9 Å². The molecule has 2 N–H and O–H groups in total. The lowest BCUT2D eigenvalue weighted by Crippen LogP contribution is -2.28. The van der Waals surface area contributed by atoms with Gasteiger partial charge in [-0.3, -0.25) is 0 Å². The van der Waals surface area contributed by atoms with E-state index in [0.717, 1.165) is 44.1 Å². The van der Waals surface area contributed by atoms with Crippen LogP contribution in [0, 0.1) is 17.8 Å². The van der Waals surface area contributed by atoms with Gasteiger partial charge in [-0.2, -0.15) is 0 Å². The van der Waals surface area contributed by atoms with Crippen LogP contribution in [-0.4, -0.2) is 22.4 Å². The molecule has 2 unspecified atom stereocenters. The van der Waals surface area contributed by atoms with Gasteiger partial charge in [0, 0.05) is 0 Å². The number of phenols is 1. The second-order valence-electron chi connectivity index (χ2n) is 9.71. The molecule has 2 aromatic carbocycles. The van der Waals surface area contributed by atoms with E-state index < -0.39 is 0 Å². The molecule has 3 heteroatoms. The highest BCUT2D eigenvalue weighted by Crippen LogP contribution is 2.48. The Labute approximate surface area is 187 Å². The summed E-state index contributed by atoms with van der Waals surface area (Å²) < 4.78 is 6.36. The molecule has 0 bridgehead atoms. The molecule has 31 heavy (non-hydrogen) atoms. The van der Waals surface area contributed by atoms with Crippen molar-refractivity contribution in [3.63, 3.8) is 0 Å². The smallest absolute Gasteiger partial charge is 0.119 e. The quantitative estimate of drug-likeness (QED) is 0.458. The first kappa shape index (κ1) is 22.4. The van der Waals surface area contributed by atoms with E-state index in [1.807, 2.05) is 12.1 Å². The van der Waals surface area contributed by atoms with Gasteiger partial charge in [0.1, 0.15) is 5.75 Å². The van der Waals surface area contributed by atoms with Crippen LogP contribution < -0.4 is 0 Å². The number of hydrogen-bond donors (Lipinski definition) is 2. The molecule has 0 amide bonds. The molecule has 2 aliphatic rings. The average molecular weight is 423 g/mol.